The molecule has 0 fully saturated rings. The molecule has 0 radical (unpaired) electrons. The van der Waals surface area contributed by atoms with E-state index in [2.05, 4.69) is 19.2 Å². The molecule has 1 rings (SSSR count). The molecule has 6 nitrogen and oxygen atoms in total. The van der Waals surface area contributed by atoms with Gasteiger partial charge in [0, 0.05) is 6.20 Å². The van der Waals surface area contributed by atoms with Crippen LogP contribution >= 0.6 is 0 Å². The molecule has 0 aliphatic carbocycles. The van der Waals surface area contributed by atoms with Gasteiger partial charge in [-0.1, -0.05) is 0 Å². The number of esters is 1. The Morgan fingerprint density at radius 1 is 1.47 bits per heavy atom. The Morgan fingerprint density at radius 2 is 2.11 bits per heavy atom. The minimum Gasteiger partial charge on any atom is -0.501 e. The van der Waals surface area contributed by atoms with Crippen LogP contribution in [-0.2, 0) is 4.74 Å². The standard InChI is InChI=1S/C10H10F3NO5/c1-3-18-9(16)5-4-14-8(19-10(11,12)13)6(15)7(5)17-2/h4,15H,3H2,1-2H3. The molecule has 9 heteroatoms. The number of carbonyl (C=O) groups is 1. The highest BCUT2D eigenvalue weighted by molar-refractivity contribution is 5.93. The SMILES string of the molecule is CCOC(=O)c1cnc(OC(F)(F)F)c(O)c1OC. The number of rotatable bonds is 4. The van der Waals surface area contributed by atoms with Gasteiger partial charge in [0.15, 0.2) is 5.75 Å². The fourth-order valence-corrected chi connectivity index (χ4v) is 1.21. The van der Waals surface area contributed by atoms with Crippen LogP contribution in [0.15, 0.2) is 6.20 Å². The molecular weight excluding hydrogens is 271 g/mol. The van der Waals surface area contributed by atoms with Crippen LogP contribution < -0.4 is 9.47 Å². The Morgan fingerprint density at radius 3 is 2.58 bits per heavy atom. The van der Waals surface area contributed by atoms with E-state index in [1.807, 2.05) is 0 Å². The van der Waals surface area contributed by atoms with Crippen LogP contribution in [0.5, 0.6) is 17.4 Å². The molecule has 0 aromatic carbocycles. The number of alkyl halides is 3. The number of aromatic nitrogens is 1. The second-order valence-electron chi connectivity index (χ2n) is 3.13. The molecule has 0 saturated heterocycles. The first-order valence-corrected chi connectivity index (χ1v) is 4.99. The van der Waals surface area contributed by atoms with Gasteiger partial charge in [0.25, 0.3) is 5.88 Å². The Labute approximate surface area is 105 Å². The quantitative estimate of drug-likeness (QED) is 0.849. The number of halogens is 3. The highest BCUT2D eigenvalue weighted by Crippen LogP contribution is 2.39. The zero-order chi connectivity index (χ0) is 14.6. The Kier molecular flexibility index (Phi) is 4.41. The van der Waals surface area contributed by atoms with Gasteiger partial charge in [-0.3, -0.25) is 0 Å². The smallest absolute Gasteiger partial charge is 0.501 e. The molecule has 0 amide bonds. The molecule has 1 aromatic rings. The van der Waals surface area contributed by atoms with E-state index in [-0.39, 0.29) is 12.2 Å². The summed E-state index contributed by atoms with van der Waals surface area (Å²) in [6.45, 7) is 1.59. The second kappa shape index (κ2) is 5.63. The average molecular weight is 281 g/mol. The summed E-state index contributed by atoms with van der Waals surface area (Å²) in [5.74, 6) is -3.55. The van der Waals surface area contributed by atoms with Gasteiger partial charge in [-0.05, 0) is 6.92 Å². The Bertz CT molecular complexity index is 475. The molecule has 1 N–H and O–H groups in total. The number of aromatic hydroxyl groups is 1. The fraction of sp³-hybridized carbons (Fsp3) is 0.400. The maximum absolute atomic E-state index is 12.0. The number of hydrogen-bond donors (Lipinski definition) is 1. The molecule has 0 bridgehead atoms. The molecule has 0 atom stereocenters. The lowest BCUT2D eigenvalue weighted by molar-refractivity contribution is -0.276. The van der Waals surface area contributed by atoms with Crippen LogP contribution in [-0.4, -0.2) is 36.1 Å². The van der Waals surface area contributed by atoms with Crippen LogP contribution in [0.3, 0.4) is 0 Å². The minimum atomic E-state index is -5.03. The van der Waals surface area contributed by atoms with Crippen molar-refractivity contribution in [3.63, 3.8) is 0 Å². The van der Waals surface area contributed by atoms with E-state index in [1.165, 1.54) is 0 Å². The van der Waals surface area contributed by atoms with Crippen molar-refractivity contribution < 1.29 is 37.3 Å². The zero-order valence-electron chi connectivity index (χ0n) is 9.95. The Balaban J connectivity index is 3.19. The molecular formula is C10H10F3NO5. The van der Waals surface area contributed by atoms with Crippen molar-refractivity contribution in [2.45, 2.75) is 13.3 Å². The Hall–Kier alpha value is -2.19. The van der Waals surface area contributed by atoms with Crippen molar-refractivity contribution in [3.05, 3.63) is 11.8 Å². The third kappa shape index (κ3) is 3.63. The number of nitrogens with zero attached hydrogens (tertiary/aromatic N) is 1. The number of methoxy groups -OCH3 is 1. The lowest BCUT2D eigenvalue weighted by Crippen LogP contribution is -2.18. The molecule has 0 spiro atoms. The van der Waals surface area contributed by atoms with E-state index in [9.17, 15) is 23.1 Å². The van der Waals surface area contributed by atoms with Crippen molar-refractivity contribution in [1.29, 1.82) is 0 Å². The summed E-state index contributed by atoms with van der Waals surface area (Å²) in [6.07, 6.45) is -4.27. The van der Waals surface area contributed by atoms with Crippen LogP contribution in [0.1, 0.15) is 17.3 Å². The average Bonchev–Trinajstić information content (AvgIpc) is 2.30. The van der Waals surface area contributed by atoms with Crippen LogP contribution in [0, 0.1) is 0 Å². The molecule has 1 aromatic heterocycles. The van der Waals surface area contributed by atoms with E-state index < -0.39 is 29.7 Å². The van der Waals surface area contributed by atoms with E-state index >= 15 is 0 Å². The fourth-order valence-electron chi connectivity index (χ4n) is 1.21. The lowest BCUT2D eigenvalue weighted by Gasteiger charge is -2.13. The van der Waals surface area contributed by atoms with Crippen molar-refractivity contribution >= 4 is 5.97 Å². The van der Waals surface area contributed by atoms with E-state index in [1.54, 1.807) is 6.92 Å². The summed E-state index contributed by atoms with van der Waals surface area (Å²) in [7, 11) is 1.06. The van der Waals surface area contributed by atoms with Gasteiger partial charge in [0.1, 0.15) is 5.56 Å². The summed E-state index contributed by atoms with van der Waals surface area (Å²) in [4.78, 5) is 14.7. The lowest BCUT2D eigenvalue weighted by atomic mass is 10.2. The van der Waals surface area contributed by atoms with Gasteiger partial charge in [-0.2, -0.15) is 0 Å². The van der Waals surface area contributed by atoms with Crippen LogP contribution in [0.4, 0.5) is 13.2 Å². The van der Waals surface area contributed by atoms with Crippen molar-refractivity contribution in [1.82, 2.24) is 4.98 Å². The molecule has 19 heavy (non-hydrogen) atoms. The van der Waals surface area contributed by atoms with E-state index in [0.29, 0.717) is 0 Å². The predicted octanol–water partition coefficient (Wildman–Crippen LogP) is 1.87. The number of carbonyl (C=O) groups excluding carboxylic acids is 1. The first-order valence-electron chi connectivity index (χ1n) is 4.99. The topological polar surface area (TPSA) is 77.9 Å². The van der Waals surface area contributed by atoms with Gasteiger partial charge in [0.2, 0.25) is 5.75 Å². The maximum Gasteiger partial charge on any atom is 0.574 e. The highest BCUT2D eigenvalue weighted by atomic mass is 19.4. The second-order valence-corrected chi connectivity index (χ2v) is 3.13. The van der Waals surface area contributed by atoms with Gasteiger partial charge < -0.3 is 19.3 Å². The summed E-state index contributed by atoms with van der Waals surface area (Å²) in [5, 5.41) is 9.53. The summed E-state index contributed by atoms with van der Waals surface area (Å²) >= 11 is 0. The molecule has 1 heterocycles. The van der Waals surface area contributed by atoms with Gasteiger partial charge in [-0.25, -0.2) is 9.78 Å². The third-order valence-corrected chi connectivity index (χ3v) is 1.89. The molecule has 106 valence electrons. The normalized spacial score (nSPS) is 11.0. The summed E-state index contributed by atoms with van der Waals surface area (Å²) < 4.78 is 48.9. The molecule has 0 unspecified atom stereocenters. The molecule has 0 aliphatic rings. The third-order valence-electron chi connectivity index (χ3n) is 1.89. The summed E-state index contributed by atoms with van der Waals surface area (Å²) in [6, 6.07) is 0. The zero-order valence-corrected chi connectivity index (χ0v) is 9.95. The van der Waals surface area contributed by atoms with Crippen molar-refractivity contribution in [2.75, 3.05) is 13.7 Å². The van der Waals surface area contributed by atoms with Gasteiger partial charge in [-0.15, -0.1) is 13.2 Å². The molecule has 0 saturated carbocycles. The first-order chi connectivity index (χ1) is 8.80. The van der Waals surface area contributed by atoms with Crippen molar-refractivity contribution in [3.8, 4) is 17.4 Å². The highest BCUT2D eigenvalue weighted by Gasteiger charge is 2.34. The van der Waals surface area contributed by atoms with E-state index in [0.717, 1.165) is 13.3 Å². The van der Waals surface area contributed by atoms with Crippen LogP contribution in [0.2, 0.25) is 0 Å². The van der Waals surface area contributed by atoms with Crippen molar-refractivity contribution in [2.24, 2.45) is 0 Å². The summed E-state index contributed by atoms with van der Waals surface area (Å²) in [5.41, 5.74) is -0.309. The monoisotopic (exact) mass is 281 g/mol. The maximum atomic E-state index is 12.0. The first kappa shape index (κ1) is 14.9. The molecule has 0 aliphatic heterocycles. The van der Waals surface area contributed by atoms with Gasteiger partial charge in [0.05, 0.1) is 13.7 Å². The predicted molar refractivity (Wildman–Crippen MR) is 55.1 cm³/mol. The van der Waals surface area contributed by atoms with Crippen LogP contribution in [0.25, 0.3) is 0 Å². The number of ether oxygens (including phenoxy) is 3. The van der Waals surface area contributed by atoms with Gasteiger partial charge >= 0.3 is 12.3 Å². The van der Waals surface area contributed by atoms with E-state index in [4.69, 9.17) is 0 Å². The number of pyridine rings is 1. The minimum absolute atomic E-state index is 0.0452. The largest absolute Gasteiger partial charge is 0.574 e. The number of hydrogen-bond acceptors (Lipinski definition) is 6.